The maximum Gasteiger partial charge on any atom is 0.240 e. The molecule has 94 valence electrons. The highest BCUT2D eigenvalue weighted by Crippen LogP contribution is 2.22. The molecule has 0 radical (unpaired) electrons. The van der Waals surface area contributed by atoms with Crippen LogP contribution < -0.4 is 5.32 Å². The molecule has 2 nitrogen and oxygen atoms in total. The second kappa shape index (κ2) is 5.67. The van der Waals surface area contributed by atoms with Crippen LogP contribution in [0, 0.1) is 0 Å². The van der Waals surface area contributed by atoms with Crippen molar-refractivity contribution in [2.24, 2.45) is 0 Å². The summed E-state index contributed by atoms with van der Waals surface area (Å²) in [6.45, 7) is 8.04. The summed E-state index contributed by atoms with van der Waals surface area (Å²) >= 11 is 3.34. The molecule has 1 aromatic carbocycles. The van der Waals surface area contributed by atoms with E-state index in [1.165, 1.54) is 5.56 Å². The molecule has 0 aromatic heterocycles. The van der Waals surface area contributed by atoms with E-state index in [0.29, 0.717) is 5.92 Å². The number of carbonyl (C=O) groups excluding carboxylic acids is 1. The van der Waals surface area contributed by atoms with Gasteiger partial charge in [-0.05, 0) is 43.9 Å². The molecule has 0 bridgehead atoms. The Kier molecular flexibility index (Phi) is 4.75. The molecule has 0 fully saturated rings. The number of anilines is 1. The van der Waals surface area contributed by atoms with Crippen molar-refractivity contribution >= 4 is 27.5 Å². The molecular weight excluding hydrogens is 278 g/mol. The topological polar surface area (TPSA) is 29.1 Å². The summed E-state index contributed by atoms with van der Waals surface area (Å²) < 4.78 is -0.539. The summed E-state index contributed by atoms with van der Waals surface area (Å²) in [7, 11) is 0. The molecule has 0 saturated carbocycles. The van der Waals surface area contributed by atoms with Crippen LogP contribution in [0.15, 0.2) is 24.3 Å². The molecule has 1 amide bonds. The van der Waals surface area contributed by atoms with Gasteiger partial charge in [0.25, 0.3) is 0 Å². The zero-order chi connectivity index (χ0) is 13.1. The molecule has 0 aliphatic carbocycles. The zero-order valence-corrected chi connectivity index (χ0v) is 12.5. The minimum absolute atomic E-state index is 0.0335. The number of benzene rings is 1. The van der Waals surface area contributed by atoms with Crippen LogP contribution in [0.2, 0.25) is 0 Å². The van der Waals surface area contributed by atoms with Crippen LogP contribution in [0.4, 0.5) is 5.69 Å². The van der Waals surface area contributed by atoms with Crippen molar-refractivity contribution in [3.8, 4) is 0 Å². The van der Waals surface area contributed by atoms with Crippen molar-refractivity contribution in [3.63, 3.8) is 0 Å². The number of carbonyl (C=O) groups is 1. The Hall–Kier alpha value is -0.830. The Morgan fingerprint density at radius 3 is 2.29 bits per heavy atom. The van der Waals surface area contributed by atoms with E-state index in [1.807, 2.05) is 26.0 Å². The number of hydrogen-bond donors (Lipinski definition) is 1. The molecule has 0 aliphatic heterocycles. The Labute approximate surface area is 112 Å². The highest BCUT2D eigenvalue weighted by Gasteiger charge is 2.23. The van der Waals surface area contributed by atoms with E-state index in [-0.39, 0.29) is 5.91 Å². The van der Waals surface area contributed by atoms with Crippen molar-refractivity contribution in [1.29, 1.82) is 0 Å². The molecule has 0 saturated heterocycles. The van der Waals surface area contributed by atoms with Gasteiger partial charge in [-0.1, -0.05) is 41.9 Å². The Balaban J connectivity index is 2.72. The van der Waals surface area contributed by atoms with Gasteiger partial charge in [-0.15, -0.1) is 0 Å². The summed E-state index contributed by atoms with van der Waals surface area (Å²) in [4.78, 5) is 11.8. The zero-order valence-electron chi connectivity index (χ0n) is 10.9. The van der Waals surface area contributed by atoms with Crippen LogP contribution in [0.25, 0.3) is 0 Å². The van der Waals surface area contributed by atoms with Crippen molar-refractivity contribution in [1.82, 2.24) is 0 Å². The average molecular weight is 298 g/mol. The second-order valence-electron chi connectivity index (χ2n) is 4.86. The largest absolute Gasteiger partial charge is 0.325 e. The fraction of sp³-hybridized carbons (Fsp3) is 0.500. The monoisotopic (exact) mass is 297 g/mol. The standard InChI is InChI=1S/C14H20BrNO/c1-5-10(2)11-6-8-12(9-7-11)16-13(17)14(3,4)15/h6-10H,5H2,1-4H3,(H,16,17). The van der Waals surface area contributed by atoms with Crippen LogP contribution in [0.5, 0.6) is 0 Å². The highest BCUT2D eigenvalue weighted by molar-refractivity contribution is 9.10. The normalized spacial score (nSPS) is 13.2. The SMILES string of the molecule is CCC(C)c1ccc(NC(=O)C(C)(C)Br)cc1. The fourth-order valence-corrected chi connectivity index (χ4v) is 1.51. The lowest BCUT2D eigenvalue weighted by molar-refractivity contribution is -0.117. The second-order valence-corrected chi connectivity index (χ2v) is 6.84. The van der Waals surface area contributed by atoms with E-state index in [1.54, 1.807) is 0 Å². The van der Waals surface area contributed by atoms with Crippen molar-refractivity contribution in [2.75, 3.05) is 5.32 Å². The van der Waals surface area contributed by atoms with Crippen LogP contribution in [0.1, 0.15) is 45.6 Å². The average Bonchev–Trinajstić information content (AvgIpc) is 2.27. The molecule has 1 N–H and O–H groups in total. The quantitative estimate of drug-likeness (QED) is 0.824. The van der Waals surface area contributed by atoms with Crippen molar-refractivity contribution in [3.05, 3.63) is 29.8 Å². The predicted octanol–water partition coefficient (Wildman–Crippen LogP) is 4.31. The van der Waals surface area contributed by atoms with Gasteiger partial charge >= 0.3 is 0 Å². The molecule has 0 aliphatic rings. The third-order valence-corrected chi connectivity index (χ3v) is 3.25. The fourth-order valence-electron chi connectivity index (χ4n) is 1.41. The van der Waals surface area contributed by atoms with Gasteiger partial charge < -0.3 is 5.32 Å². The Morgan fingerprint density at radius 2 is 1.88 bits per heavy atom. The molecule has 3 heteroatoms. The minimum Gasteiger partial charge on any atom is -0.325 e. The first-order chi connectivity index (χ1) is 7.84. The predicted molar refractivity (Wildman–Crippen MR) is 76.8 cm³/mol. The molecule has 0 heterocycles. The van der Waals surface area contributed by atoms with Crippen LogP contribution >= 0.6 is 15.9 Å². The number of nitrogens with one attached hydrogen (secondary N) is 1. The minimum atomic E-state index is -0.539. The first-order valence-electron chi connectivity index (χ1n) is 5.95. The molecule has 1 unspecified atom stereocenters. The third kappa shape index (κ3) is 4.15. The number of amides is 1. The first kappa shape index (κ1) is 14.2. The summed E-state index contributed by atoms with van der Waals surface area (Å²) in [5.41, 5.74) is 2.15. The molecule has 1 rings (SSSR count). The molecule has 1 atom stereocenters. The maximum absolute atomic E-state index is 11.8. The highest BCUT2D eigenvalue weighted by atomic mass is 79.9. The number of halogens is 1. The maximum atomic E-state index is 11.8. The number of hydrogen-bond acceptors (Lipinski definition) is 1. The molecule has 0 spiro atoms. The van der Waals surface area contributed by atoms with Crippen molar-refractivity contribution in [2.45, 2.75) is 44.4 Å². The molecular formula is C14H20BrNO. The third-order valence-electron chi connectivity index (χ3n) is 2.89. The summed E-state index contributed by atoms with van der Waals surface area (Å²) in [5, 5.41) is 2.88. The first-order valence-corrected chi connectivity index (χ1v) is 6.74. The molecule has 17 heavy (non-hydrogen) atoms. The van der Waals surface area contributed by atoms with Gasteiger partial charge in [0.2, 0.25) is 5.91 Å². The van der Waals surface area contributed by atoms with Gasteiger partial charge in [-0.3, -0.25) is 4.79 Å². The van der Waals surface area contributed by atoms with E-state index < -0.39 is 4.32 Å². The molecule has 1 aromatic rings. The van der Waals surface area contributed by atoms with E-state index in [9.17, 15) is 4.79 Å². The summed E-state index contributed by atoms with van der Waals surface area (Å²) in [6, 6.07) is 8.06. The van der Waals surface area contributed by atoms with Gasteiger partial charge in [0.15, 0.2) is 0 Å². The Morgan fingerprint density at radius 1 is 1.35 bits per heavy atom. The summed E-state index contributed by atoms with van der Waals surface area (Å²) in [6.07, 6.45) is 1.13. The van der Waals surface area contributed by atoms with Crippen LogP contribution in [-0.4, -0.2) is 10.2 Å². The van der Waals surface area contributed by atoms with Crippen LogP contribution in [-0.2, 0) is 4.79 Å². The number of alkyl halides is 1. The van der Waals surface area contributed by atoms with E-state index in [2.05, 4.69) is 47.2 Å². The smallest absolute Gasteiger partial charge is 0.240 e. The number of rotatable bonds is 4. The van der Waals surface area contributed by atoms with Crippen LogP contribution in [0.3, 0.4) is 0 Å². The van der Waals surface area contributed by atoms with E-state index in [0.717, 1.165) is 12.1 Å². The van der Waals surface area contributed by atoms with Gasteiger partial charge in [-0.2, -0.15) is 0 Å². The lowest BCUT2D eigenvalue weighted by atomic mass is 9.98. The van der Waals surface area contributed by atoms with Gasteiger partial charge in [0, 0.05) is 5.69 Å². The van der Waals surface area contributed by atoms with Crippen molar-refractivity contribution < 1.29 is 4.79 Å². The van der Waals surface area contributed by atoms with E-state index in [4.69, 9.17) is 0 Å². The lowest BCUT2D eigenvalue weighted by Crippen LogP contribution is -2.30. The lowest BCUT2D eigenvalue weighted by Gasteiger charge is -2.16. The Bertz CT molecular complexity index is 378. The van der Waals surface area contributed by atoms with Gasteiger partial charge in [-0.25, -0.2) is 0 Å². The van der Waals surface area contributed by atoms with E-state index >= 15 is 0 Å². The van der Waals surface area contributed by atoms with Gasteiger partial charge in [0.1, 0.15) is 0 Å². The summed E-state index contributed by atoms with van der Waals surface area (Å²) in [5.74, 6) is 0.529. The van der Waals surface area contributed by atoms with Gasteiger partial charge in [0.05, 0.1) is 4.32 Å².